The topological polar surface area (TPSA) is 90.3 Å². The number of para-hydroxylation sites is 1. The molecule has 0 aliphatic heterocycles. The number of hydrogen-bond acceptors (Lipinski definition) is 6. The third-order valence-corrected chi connectivity index (χ3v) is 4.31. The number of esters is 1. The number of benzene rings is 1. The van der Waals surface area contributed by atoms with Crippen molar-refractivity contribution in [2.45, 2.75) is 13.5 Å². The van der Waals surface area contributed by atoms with Crippen molar-refractivity contribution < 1.29 is 14.3 Å². The summed E-state index contributed by atoms with van der Waals surface area (Å²) in [5.74, 6) is -0.929. The van der Waals surface area contributed by atoms with Crippen LogP contribution in [0.15, 0.2) is 46.8 Å². The van der Waals surface area contributed by atoms with Crippen molar-refractivity contribution in [2.75, 3.05) is 11.9 Å². The van der Waals surface area contributed by atoms with Crippen molar-refractivity contribution in [3.8, 4) is 0 Å². The number of fused-ring (bicyclic) bond motifs is 1. The van der Waals surface area contributed by atoms with Gasteiger partial charge in [-0.25, -0.2) is 9.78 Å². The van der Waals surface area contributed by atoms with E-state index in [-0.39, 0.29) is 30.0 Å². The van der Waals surface area contributed by atoms with Gasteiger partial charge >= 0.3 is 5.97 Å². The Morgan fingerprint density at radius 2 is 2.04 bits per heavy atom. The fourth-order valence-corrected chi connectivity index (χ4v) is 3.18. The molecule has 0 aliphatic carbocycles. The largest absolute Gasteiger partial charge is 0.462 e. The Bertz CT molecular complexity index is 978. The van der Waals surface area contributed by atoms with Gasteiger partial charge in [-0.05, 0) is 19.1 Å². The second-order valence-electron chi connectivity index (χ2n) is 5.14. The molecular formula is C17H15N3O4S. The van der Waals surface area contributed by atoms with Crippen LogP contribution in [0.2, 0.25) is 0 Å². The van der Waals surface area contributed by atoms with E-state index in [0.717, 1.165) is 0 Å². The van der Waals surface area contributed by atoms with Gasteiger partial charge in [0.2, 0.25) is 5.91 Å². The van der Waals surface area contributed by atoms with Gasteiger partial charge in [-0.15, -0.1) is 11.3 Å². The Morgan fingerprint density at radius 1 is 1.28 bits per heavy atom. The van der Waals surface area contributed by atoms with E-state index < -0.39 is 11.5 Å². The Kier molecular flexibility index (Phi) is 4.90. The van der Waals surface area contributed by atoms with Crippen molar-refractivity contribution >= 4 is 39.1 Å². The van der Waals surface area contributed by atoms with Crippen LogP contribution in [0.4, 0.5) is 5.69 Å². The van der Waals surface area contributed by atoms with Crippen molar-refractivity contribution in [1.29, 1.82) is 0 Å². The quantitative estimate of drug-likeness (QED) is 0.708. The van der Waals surface area contributed by atoms with Crippen molar-refractivity contribution in [2.24, 2.45) is 0 Å². The summed E-state index contributed by atoms with van der Waals surface area (Å²) in [6.45, 7) is 1.70. The van der Waals surface area contributed by atoms with Crippen molar-refractivity contribution in [3.05, 3.63) is 58.0 Å². The molecule has 2 aromatic heterocycles. The molecule has 0 bridgehead atoms. The molecule has 7 nitrogen and oxygen atoms in total. The first-order valence-corrected chi connectivity index (χ1v) is 8.46. The zero-order valence-electron chi connectivity index (χ0n) is 13.4. The smallest absolute Gasteiger partial charge is 0.339 e. The number of amides is 1. The molecule has 0 unspecified atom stereocenters. The number of ether oxygens (including phenoxy) is 1. The predicted octanol–water partition coefficient (Wildman–Crippen LogP) is 2.27. The molecule has 3 rings (SSSR count). The van der Waals surface area contributed by atoms with Crippen LogP contribution in [0, 0.1) is 0 Å². The van der Waals surface area contributed by atoms with Crippen LogP contribution < -0.4 is 10.9 Å². The zero-order chi connectivity index (χ0) is 17.8. The Balaban J connectivity index is 1.88. The maximum Gasteiger partial charge on any atom is 0.339 e. The summed E-state index contributed by atoms with van der Waals surface area (Å²) in [5, 5.41) is 4.43. The SMILES string of the molecule is CCOC(=O)c1csc2ncn(CC(=O)Nc3ccccc3)c(=O)c12. The monoisotopic (exact) mass is 357 g/mol. The van der Waals surface area contributed by atoms with Gasteiger partial charge in [-0.2, -0.15) is 0 Å². The van der Waals surface area contributed by atoms with Crippen LogP contribution in [0.25, 0.3) is 10.2 Å². The lowest BCUT2D eigenvalue weighted by Gasteiger charge is -2.07. The maximum atomic E-state index is 12.6. The van der Waals surface area contributed by atoms with E-state index in [1.807, 2.05) is 6.07 Å². The molecule has 128 valence electrons. The van der Waals surface area contributed by atoms with Crippen molar-refractivity contribution in [1.82, 2.24) is 9.55 Å². The summed E-state index contributed by atoms with van der Waals surface area (Å²) >= 11 is 1.19. The molecule has 0 saturated carbocycles. The fraction of sp³-hybridized carbons (Fsp3) is 0.176. The highest BCUT2D eigenvalue weighted by atomic mass is 32.1. The fourth-order valence-electron chi connectivity index (χ4n) is 2.32. The third kappa shape index (κ3) is 3.58. The van der Waals surface area contributed by atoms with Crippen molar-refractivity contribution in [3.63, 3.8) is 0 Å². The first-order valence-electron chi connectivity index (χ1n) is 7.58. The van der Waals surface area contributed by atoms with Crippen LogP contribution in [0.1, 0.15) is 17.3 Å². The van der Waals surface area contributed by atoms with Gasteiger partial charge in [-0.3, -0.25) is 14.2 Å². The summed E-state index contributed by atoms with van der Waals surface area (Å²) in [5.41, 5.74) is 0.368. The molecule has 1 amide bonds. The molecule has 1 aromatic carbocycles. The predicted molar refractivity (Wildman–Crippen MR) is 94.9 cm³/mol. The summed E-state index contributed by atoms with van der Waals surface area (Å²) in [4.78, 5) is 41.4. The average Bonchev–Trinajstić information content (AvgIpc) is 3.03. The molecule has 0 aliphatic rings. The van der Waals surface area contributed by atoms with E-state index in [1.165, 1.54) is 22.2 Å². The molecule has 3 aromatic rings. The van der Waals surface area contributed by atoms with Gasteiger partial charge in [0.05, 0.1) is 23.9 Å². The van der Waals surface area contributed by atoms with E-state index in [0.29, 0.717) is 10.5 Å². The second kappa shape index (κ2) is 7.27. The van der Waals surface area contributed by atoms with Crippen LogP contribution in [0.3, 0.4) is 0 Å². The standard InChI is InChI=1S/C17H15N3O4S/c1-2-24-17(23)12-9-25-15-14(12)16(22)20(10-18-15)8-13(21)19-11-6-4-3-5-7-11/h3-7,9-10H,2,8H2,1H3,(H,19,21). The molecule has 0 spiro atoms. The highest BCUT2D eigenvalue weighted by Gasteiger charge is 2.19. The van der Waals surface area contributed by atoms with E-state index in [1.54, 1.807) is 36.6 Å². The lowest BCUT2D eigenvalue weighted by Crippen LogP contribution is -2.28. The number of nitrogens with zero attached hydrogens (tertiary/aromatic N) is 2. The van der Waals surface area contributed by atoms with Gasteiger partial charge < -0.3 is 10.1 Å². The zero-order valence-corrected chi connectivity index (χ0v) is 14.2. The highest BCUT2D eigenvalue weighted by Crippen LogP contribution is 2.21. The second-order valence-corrected chi connectivity index (χ2v) is 6.00. The van der Waals surface area contributed by atoms with Gasteiger partial charge in [-0.1, -0.05) is 18.2 Å². The highest BCUT2D eigenvalue weighted by molar-refractivity contribution is 7.17. The average molecular weight is 357 g/mol. The summed E-state index contributed by atoms with van der Waals surface area (Å²) in [7, 11) is 0. The van der Waals surface area contributed by atoms with Crippen LogP contribution in [0.5, 0.6) is 0 Å². The van der Waals surface area contributed by atoms with E-state index in [2.05, 4.69) is 10.3 Å². The Morgan fingerprint density at radius 3 is 2.76 bits per heavy atom. The van der Waals surface area contributed by atoms with Gasteiger partial charge in [0.1, 0.15) is 11.4 Å². The first-order chi connectivity index (χ1) is 12.1. The molecule has 0 fully saturated rings. The van der Waals surface area contributed by atoms with Crippen LogP contribution in [-0.4, -0.2) is 28.0 Å². The minimum atomic E-state index is -0.570. The summed E-state index contributed by atoms with van der Waals surface area (Å²) in [6, 6.07) is 8.93. The summed E-state index contributed by atoms with van der Waals surface area (Å²) in [6.07, 6.45) is 1.31. The van der Waals surface area contributed by atoms with Gasteiger partial charge in [0, 0.05) is 11.1 Å². The van der Waals surface area contributed by atoms with E-state index in [9.17, 15) is 14.4 Å². The van der Waals surface area contributed by atoms with Crippen LogP contribution >= 0.6 is 11.3 Å². The Hall–Kier alpha value is -3.00. The molecular weight excluding hydrogens is 342 g/mol. The third-order valence-electron chi connectivity index (χ3n) is 3.43. The maximum absolute atomic E-state index is 12.6. The van der Waals surface area contributed by atoms with Gasteiger partial charge in [0.15, 0.2) is 0 Å². The number of anilines is 1. The number of nitrogens with one attached hydrogen (secondary N) is 1. The number of hydrogen-bond donors (Lipinski definition) is 1. The number of thiophene rings is 1. The minimum Gasteiger partial charge on any atom is -0.462 e. The lowest BCUT2D eigenvalue weighted by molar-refractivity contribution is -0.116. The van der Waals surface area contributed by atoms with E-state index in [4.69, 9.17) is 4.74 Å². The van der Waals surface area contributed by atoms with E-state index >= 15 is 0 Å². The first kappa shape index (κ1) is 16.8. The molecule has 25 heavy (non-hydrogen) atoms. The molecule has 8 heteroatoms. The lowest BCUT2D eigenvalue weighted by atomic mass is 10.2. The van der Waals surface area contributed by atoms with Gasteiger partial charge in [0.25, 0.3) is 5.56 Å². The molecule has 2 heterocycles. The molecule has 1 N–H and O–H groups in total. The normalized spacial score (nSPS) is 10.6. The molecule has 0 saturated heterocycles. The molecule has 0 atom stereocenters. The minimum absolute atomic E-state index is 0.178. The van der Waals surface area contributed by atoms with Crippen LogP contribution in [-0.2, 0) is 16.1 Å². The number of aromatic nitrogens is 2. The number of carbonyl (C=O) groups is 2. The summed E-state index contributed by atoms with van der Waals surface area (Å²) < 4.78 is 6.14. The number of rotatable bonds is 5. The Labute approximate surface area is 146 Å². The molecule has 0 radical (unpaired) electrons. The number of carbonyl (C=O) groups excluding carboxylic acids is 2.